The number of para-hydroxylation sites is 1. The van der Waals surface area contributed by atoms with Gasteiger partial charge in [0.25, 0.3) is 0 Å². The standard InChI is InChI=1S/C15H13ClN2/c1-10-4-3-5-11(2)15(10)18-14-7-6-13(16)8-12(14)9-17/h3-8,18H,1-2H3. The summed E-state index contributed by atoms with van der Waals surface area (Å²) in [6.07, 6.45) is 0. The summed E-state index contributed by atoms with van der Waals surface area (Å²) in [6, 6.07) is 13.5. The highest BCUT2D eigenvalue weighted by molar-refractivity contribution is 6.30. The van der Waals surface area contributed by atoms with Gasteiger partial charge in [-0.05, 0) is 43.2 Å². The Kier molecular flexibility index (Phi) is 3.55. The highest BCUT2D eigenvalue weighted by Gasteiger charge is 2.06. The Morgan fingerprint density at radius 3 is 2.39 bits per heavy atom. The molecular formula is C15H13ClN2. The van der Waals surface area contributed by atoms with Crippen molar-refractivity contribution in [1.82, 2.24) is 0 Å². The molecular weight excluding hydrogens is 244 g/mol. The summed E-state index contributed by atoms with van der Waals surface area (Å²) in [7, 11) is 0. The molecule has 90 valence electrons. The molecule has 2 aromatic rings. The van der Waals surface area contributed by atoms with Crippen LogP contribution in [0.2, 0.25) is 5.02 Å². The maximum Gasteiger partial charge on any atom is 0.101 e. The van der Waals surface area contributed by atoms with Crippen molar-refractivity contribution in [2.75, 3.05) is 5.32 Å². The van der Waals surface area contributed by atoms with E-state index in [0.717, 1.165) is 22.5 Å². The molecule has 2 aromatic carbocycles. The molecule has 0 atom stereocenters. The second kappa shape index (κ2) is 5.12. The average Bonchev–Trinajstić information content (AvgIpc) is 2.35. The van der Waals surface area contributed by atoms with Gasteiger partial charge in [0.15, 0.2) is 0 Å². The first-order chi connectivity index (χ1) is 8.61. The fourth-order valence-corrected chi connectivity index (χ4v) is 2.04. The zero-order valence-corrected chi connectivity index (χ0v) is 11.0. The molecule has 18 heavy (non-hydrogen) atoms. The van der Waals surface area contributed by atoms with E-state index >= 15 is 0 Å². The predicted molar refractivity (Wildman–Crippen MR) is 75.4 cm³/mol. The Labute approximate surface area is 112 Å². The Bertz CT molecular complexity index is 607. The molecule has 0 radical (unpaired) electrons. The lowest BCUT2D eigenvalue weighted by atomic mass is 10.1. The molecule has 0 aliphatic rings. The van der Waals surface area contributed by atoms with E-state index in [0.29, 0.717) is 10.6 Å². The molecule has 0 spiro atoms. The predicted octanol–water partition coefficient (Wildman–Crippen LogP) is 4.57. The van der Waals surface area contributed by atoms with Crippen LogP contribution in [-0.4, -0.2) is 0 Å². The molecule has 0 saturated carbocycles. The van der Waals surface area contributed by atoms with E-state index in [2.05, 4.69) is 11.4 Å². The lowest BCUT2D eigenvalue weighted by Crippen LogP contribution is -1.98. The van der Waals surface area contributed by atoms with Crippen molar-refractivity contribution in [3.63, 3.8) is 0 Å². The van der Waals surface area contributed by atoms with Crippen LogP contribution in [0, 0.1) is 25.2 Å². The fourth-order valence-electron chi connectivity index (χ4n) is 1.86. The topological polar surface area (TPSA) is 35.8 Å². The van der Waals surface area contributed by atoms with Crippen LogP contribution in [0.4, 0.5) is 11.4 Å². The minimum atomic E-state index is 0.546. The lowest BCUT2D eigenvalue weighted by molar-refractivity contribution is 1.35. The van der Waals surface area contributed by atoms with E-state index < -0.39 is 0 Å². The SMILES string of the molecule is Cc1cccc(C)c1Nc1ccc(Cl)cc1C#N. The molecule has 1 N–H and O–H groups in total. The van der Waals surface area contributed by atoms with Crippen molar-refractivity contribution in [1.29, 1.82) is 5.26 Å². The number of benzene rings is 2. The van der Waals surface area contributed by atoms with Crippen LogP contribution in [0.1, 0.15) is 16.7 Å². The molecule has 0 aromatic heterocycles. The molecule has 0 fully saturated rings. The monoisotopic (exact) mass is 256 g/mol. The fraction of sp³-hybridized carbons (Fsp3) is 0.133. The van der Waals surface area contributed by atoms with Crippen LogP contribution < -0.4 is 5.32 Å². The number of hydrogen-bond donors (Lipinski definition) is 1. The summed E-state index contributed by atoms with van der Waals surface area (Å²) < 4.78 is 0. The summed E-state index contributed by atoms with van der Waals surface area (Å²) in [5.41, 5.74) is 4.66. The van der Waals surface area contributed by atoms with Gasteiger partial charge in [0.05, 0.1) is 11.3 Å². The van der Waals surface area contributed by atoms with Crippen molar-refractivity contribution in [2.24, 2.45) is 0 Å². The van der Waals surface area contributed by atoms with Gasteiger partial charge in [-0.1, -0.05) is 29.8 Å². The molecule has 3 heteroatoms. The smallest absolute Gasteiger partial charge is 0.101 e. The van der Waals surface area contributed by atoms with Gasteiger partial charge in [-0.2, -0.15) is 5.26 Å². The van der Waals surface area contributed by atoms with Gasteiger partial charge in [-0.25, -0.2) is 0 Å². The first-order valence-electron chi connectivity index (χ1n) is 5.64. The van der Waals surface area contributed by atoms with Crippen LogP contribution >= 0.6 is 11.6 Å². The van der Waals surface area contributed by atoms with Gasteiger partial charge in [0, 0.05) is 10.7 Å². The molecule has 0 heterocycles. The molecule has 0 aliphatic carbocycles. The van der Waals surface area contributed by atoms with Gasteiger partial charge < -0.3 is 5.32 Å². The van der Waals surface area contributed by atoms with E-state index in [9.17, 15) is 0 Å². The molecule has 0 unspecified atom stereocenters. The highest BCUT2D eigenvalue weighted by atomic mass is 35.5. The Hall–Kier alpha value is -1.98. The molecule has 0 saturated heterocycles. The second-order valence-electron chi connectivity index (χ2n) is 4.19. The first kappa shape index (κ1) is 12.5. The average molecular weight is 257 g/mol. The molecule has 2 nitrogen and oxygen atoms in total. The minimum absolute atomic E-state index is 0.546. The van der Waals surface area contributed by atoms with Crippen LogP contribution in [-0.2, 0) is 0 Å². The summed E-state index contributed by atoms with van der Waals surface area (Å²) in [6.45, 7) is 4.08. The molecule has 2 rings (SSSR count). The van der Waals surface area contributed by atoms with Gasteiger partial charge in [0.2, 0.25) is 0 Å². The summed E-state index contributed by atoms with van der Waals surface area (Å²) in [5.74, 6) is 0. The third-order valence-corrected chi connectivity index (χ3v) is 3.08. The Morgan fingerprint density at radius 1 is 1.11 bits per heavy atom. The van der Waals surface area contributed by atoms with Crippen molar-refractivity contribution in [2.45, 2.75) is 13.8 Å². The Morgan fingerprint density at radius 2 is 1.78 bits per heavy atom. The molecule has 0 amide bonds. The first-order valence-corrected chi connectivity index (χ1v) is 6.02. The van der Waals surface area contributed by atoms with E-state index in [1.807, 2.05) is 38.1 Å². The van der Waals surface area contributed by atoms with Crippen LogP contribution in [0.3, 0.4) is 0 Å². The zero-order valence-electron chi connectivity index (χ0n) is 10.3. The largest absolute Gasteiger partial charge is 0.354 e. The number of rotatable bonds is 2. The lowest BCUT2D eigenvalue weighted by Gasteiger charge is -2.13. The van der Waals surface area contributed by atoms with Crippen molar-refractivity contribution < 1.29 is 0 Å². The number of nitrogens with one attached hydrogen (secondary N) is 1. The van der Waals surface area contributed by atoms with Crippen LogP contribution in [0.25, 0.3) is 0 Å². The van der Waals surface area contributed by atoms with Crippen LogP contribution in [0.5, 0.6) is 0 Å². The van der Waals surface area contributed by atoms with E-state index in [1.165, 1.54) is 0 Å². The summed E-state index contributed by atoms with van der Waals surface area (Å²) >= 11 is 5.88. The number of anilines is 2. The quantitative estimate of drug-likeness (QED) is 0.854. The van der Waals surface area contributed by atoms with E-state index in [1.54, 1.807) is 12.1 Å². The van der Waals surface area contributed by atoms with Gasteiger partial charge in [-0.15, -0.1) is 0 Å². The molecule has 0 bridgehead atoms. The third-order valence-electron chi connectivity index (χ3n) is 2.84. The Balaban J connectivity index is 2.44. The number of hydrogen-bond acceptors (Lipinski definition) is 2. The normalized spacial score (nSPS) is 9.89. The van der Waals surface area contributed by atoms with Gasteiger partial charge in [0.1, 0.15) is 6.07 Å². The third kappa shape index (κ3) is 2.47. The highest BCUT2D eigenvalue weighted by Crippen LogP contribution is 2.27. The van der Waals surface area contributed by atoms with Crippen molar-refractivity contribution in [3.8, 4) is 6.07 Å². The summed E-state index contributed by atoms with van der Waals surface area (Å²) in [4.78, 5) is 0. The number of halogens is 1. The molecule has 0 aliphatic heterocycles. The van der Waals surface area contributed by atoms with E-state index in [4.69, 9.17) is 16.9 Å². The second-order valence-corrected chi connectivity index (χ2v) is 4.63. The van der Waals surface area contributed by atoms with Gasteiger partial charge in [-0.3, -0.25) is 0 Å². The number of nitriles is 1. The zero-order chi connectivity index (χ0) is 13.1. The maximum absolute atomic E-state index is 9.11. The van der Waals surface area contributed by atoms with Crippen molar-refractivity contribution in [3.05, 3.63) is 58.1 Å². The number of aryl methyl sites for hydroxylation is 2. The van der Waals surface area contributed by atoms with Crippen LogP contribution in [0.15, 0.2) is 36.4 Å². The van der Waals surface area contributed by atoms with E-state index in [-0.39, 0.29) is 0 Å². The number of nitrogens with zero attached hydrogens (tertiary/aromatic N) is 1. The minimum Gasteiger partial charge on any atom is -0.354 e. The van der Waals surface area contributed by atoms with Crippen molar-refractivity contribution >= 4 is 23.0 Å². The maximum atomic E-state index is 9.11. The summed E-state index contributed by atoms with van der Waals surface area (Å²) in [5, 5.41) is 13.0. The van der Waals surface area contributed by atoms with Gasteiger partial charge >= 0.3 is 0 Å².